The second kappa shape index (κ2) is 3.42. The van der Waals surface area contributed by atoms with Crippen LogP contribution in [-0.2, 0) is 4.79 Å². The number of Topliss-reactive ketones (excluding diaryl/α,β-unsaturated/α-hetero) is 1. The molecule has 0 amide bonds. The topological polar surface area (TPSA) is 17.1 Å². The molecule has 0 radical (unpaired) electrons. The molecule has 1 fully saturated rings. The molecule has 12 heavy (non-hydrogen) atoms. The minimum atomic E-state index is 0.264. The molecular weight excluding hydrogens is 148 g/mol. The summed E-state index contributed by atoms with van der Waals surface area (Å²) in [7, 11) is 0. The van der Waals surface area contributed by atoms with E-state index in [-0.39, 0.29) is 5.92 Å². The van der Waals surface area contributed by atoms with Crippen molar-refractivity contribution < 1.29 is 4.79 Å². The van der Waals surface area contributed by atoms with Crippen LogP contribution in [0.2, 0.25) is 0 Å². The second-order valence-electron chi connectivity index (χ2n) is 4.22. The van der Waals surface area contributed by atoms with Crippen LogP contribution < -0.4 is 0 Å². The first-order valence-electron chi connectivity index (χ1n) is 4.70. The first kappa shape index (κ1) is 9.50. The van der Waals surface area contributed by atoms with E-state index in [9.17, 15) is 4.79 Å². The number of carbonyl (C=O) groups is 1. The lowest BCUT2D eigenvalue weighted by Crippen LogP contribution is -2.29. The van der Waals surface area contributed by atoms with Crippen molar-refractivity contribution in [1.29, 1.82) is 0 Å². The molecular formula is C11H18O. The van der Waals surface area contributed by atoms with Crippen molar-refractivity contribution in [3.63, 3.8) is 0 Å². The van der Waals surface area contributed by atoms with E-state index in [0.29, 0.717) is 17.6 Å². The number of ketones is 1. The quantitative estimate of drug-likeness (QED) is 0.547. The van der Waals surface area contributed by atoms with Crippen LogP contribution in [0.25, 0.3) is 0 Å². The van der Waals surface area contributed by atoms with Crippen LogP contribution in [0.4, 0.5) is 0 Å². The molecule has 2 unspecified atom stereocenters. The molecule has 0 heterocycles. The molecule has 0 saturated heterocycles. The van der Waals surface area contributed by atoms with Crippen LogP contribution in [0.1, 0.15) is 33.6 Å². The zero-order valence-corrected chi connectivity index (χ0v) is 8.26. The normalized spacial score (nSPS) is 36.6. The Morgan fingerprint density at radius 1 is 1.50 bits per heavy atom. The van der Waals surface area contributed by atoms with E-state index >= 15 is 0 Å². The van der Waals surface area contributed by atoms with E-state index in [4.69, 9.17) is 0 Å². The maximum Gasteiger partial charge on any atom is 0.136 e. The Morgan fingerprint density at radius 2 is 2.08 bits per heavy atom. The molecule has 68 valence electrons. The van der Waals surface area contributed by atoms with Crippen LogP contribution in [0, 0.1) is 17.8 Å². The van der Waals surface area contributed by atoms with Gasteiger partial charge in [0.15, 0.2) is 0 Å². The maximum absolute atomic E-state index is 11.5. The van der Waals surface area contributed by atoms with Gasteiger partial charge in [-0.3, -0.25) is 4.79 Å². The summed E-state index contributed by atoms with van der Waals surface area (Å²) in [6, 6.07) is 0. The molecule has 1 saturated carbocycles. The summed E-state index contributed by atoms with van der Waals surface area (Å²) in [5.74, 6) is 1.67. The molecule has 1 rings (SSSR count). The van der Waals surface area contributed by atoms with E-state index < -0.39 is 0 Å². The van der Waals surface area contributed by atoms with Gasteiger partial charge in [-0.1, -0.05) is 26.0 Å². The molecule has 0 aliphatic heterocycles. The summed E-state index contributed by atoms with van der Waals surface area (Å²) in [5.41, 5.74) is 1.17. The van der Waals surface area contributed by atoms with Gasteiger partial charge in [-0.2, -0.15) is 0 Å². The van der Waals surface area contributed by atoms with E-state index in [1.54, 1.807) is 0 Å². The van der Waals surface area contributed by atoms with Gasteiger partial charge in [-0.25, -0.2) is 0 Å². The molecule has 0 spiro atoms. The lowest BCUT2D eigenvalue weighted by molar-refractivity contribution is -0.126. The number of hydrogen-bond acceptors (Lipinski definition) is 1. The molecule has 0 aromatic heterocycles. The van der Waals surface area contributed by atoms with Crippen LogP contribution in [0.15, 0.2) is 12.2 Å². The zero-order valence-electron chi connectivity index (χ0n) is 8.26. The third kappa shape index (κ3) is 1.77. The molecule has 0 aromatic rings. The highest BCUT2D eigenvalue weighted by molar-refractivity contribution is 5.82. The number of carbonyl (C=O) groups excluding carboxylic acids is 1. The average molecular weight is 166 g/mol. The minimum Gasteiger partial charge on any atom is -0.299 e. The van der Waals surface area contributed by atoms with E-state index in [0.717, 1.165) is 12.8 Å². The van der Waals surface area contributed by atoms with Crippen molar-refractivity contribution in [2.24, 2.45) is 17.8 Å². The van der Waals surface area contributed by atoms with Gasteiger partial charge in [0.25, 0.3) is 0 Å². The first-order valence-corrected chi connectivity index (χ1v) is 4.70. The Bertz CT molecular complexity index is 205. The van der Waals surface area contributed by atoms with Gasteiger partial charge in [-0.05, 0) is 25.2 Å². The van der Waals surface area contributed by atoms with Gasteiger partial charge < -0.3 is 0 Å². The molecule has 1 nitrogen and oxygen atoms in total. The molecule has 0 N–H and O–H groups in total. The fourth-order valence-corrected chi connectivity index (χ4v) is 1.86. The highest BCUT2D eigenvalue weighted by atomic mass is 16.1. The summed E-state index contributed by atoms with van der Waals surface area (Å²) in [6.07, 6.45) is 1.86. The molecule has 1 heteroatoms. The van der Waals surface area contributed by atoms with Gasteiger partial charge >= 0.3 is 0 Å². The van der Waals surface area contributed by atoms with Crippen molar-refractivity contribution in [1.82, 2.24) is 0 Å². The SMILES string of the molecule is C=C(C)C1CC(=O)[C@@H](C)C(C)C1. The third-order valence-corrected chi connectivity index (χ3v) is 3.16. The second-order valence-corrected chi connectivity index (χ2v) is 4.22. The summed E-state index contributed by atoms with van der Waals surface area (Å²) in [5, 5.41) is 0. The van der Waals surface area contributed by atoms with Gasteiger partial charge in [0.05, 0.1) is 0 Å². The standard InChI is InChI=1S/C11H18O/c1-7(2)10-5-8(3)9(4)11(12)6-10/h8-10H,1,5-6H2,2-4H3/t8?,9-,10?/m0/s1. The fourth-order valence-electron chi connectivity index (χ4n) is 1.86. The van der Waals surface area contributed by atoms with Gasteiger partial charge in [0, 0.05) is 12.3 Å². The van der Waals surface area contributed by atoms with Gasteiger partial charge in [-0.15, -0.1) is 0 Å². The predicted molar refractivity (Wildman–Crippen MR) is 50.9 cm³/mol. The van der Waals surface area contributed by atoms with Crippen molar-refractivity contribution in [2.75, 3.05) is 0 Å². The zero-order chi connectivity index (χ0) is 9.30. The molecule has 0 bridgehead atoms. The Morgan fingerprint density at radius 3 is 2.50 bits per heavy atom. The fraction of sp³-hybridized carbons (Fsp3) is 0.727. The predicted octanol–water partition coefficient (Wildman–Crippen LogP) is 2.81. The average Bonchev–Trinajstić information content (AvgIpc) is 1.99. The van der Waals surface area contributed by atoms with Crippen molar-refractivity contribution in [3.8, 4) is 0 Å². The van der Waals surface area contributed by atoms with Crippen LogP contribution in [-0.4, -0.2) is 5.78 Å². The summed E-state index contributed by atoms with van der Waals surface area (Å²) >= 11 is 0. The van der Waals surface area contributed by atoms with Crippen molar-refractivity contribution in [3.05, 3.63) is 12.2 Å². The highest BCUT2D eigenvalue weighted by Crippen LogP contribution is 2.33. The smallest absolute Gasteiger partial charge is 0.136 e. The Kier molecular flexibility index (Phi) is 2.71. The molecule has 3 atom stereocenters. The molecule has 1 aliphatic carbocycles. The Balaban J connectivity index is 2.66. The lowest BCUT2D eigenvalue weighted by atomic mass is 9.73. The number of allylic oxidation sites excluding steroid dienone is 1. The van der Waals surface area contributed by atoms with Crippen molar-refractivity contribution in [2.45, 2.75) is 33.6 Å². The van der Waals surface area contributed by atoms with Gasteiger partial charge in [0.2, 0.25) is 0 Å². The minimum absolute atomic E-state index is 0.264. The first-order chi connectivity index (χ1) is 5.52. The maximum atomic E-state index is 11.5. The molecule has 1 aliphatic rings. The van der Waals surface area contributed by atoms with E-state index in [1.165, 1.54) is 5.57 Å². The molecule has 0 aromatic carbocycles. The highest BCUT2D eigenvalue weighted by Gasteiger charge is 2.30. The Labute approximate surface area is 74.9 Å². The largest absolute Gasteiger partial charge is 0.299 e. The Hall–Kier alpha value is -0.590. The summed E-state index contributed by atoms with van der Waals surface area (Å²) in [6.45, 7) is 10.2. The van der Waals surface area contributed by atoms with Crippen LogP contribution in [0.3, 0.4) is 0 Å². The van der Waals surface area contributed by atoms with Gasteiger partial charge in [0.1, 0.15) is 5.78 Å². The van der Waals surface area contributed by atoms with Crippen LogP contribution in [0.5, 0.6) is 0 Å². The van der Waals surface area contributed by atoms with E-state index in [2.05, 4.69) is 13.5 Å². The third-order valence-electron chi connectivity index (χ3n) is 3.16. The van der Waals surface area contributed by atoms with Crippen LogP contribution >= 0.6 is 0 Å². The van der Waals surface area contributed by atoms with Crippen molar-refractivity contribution >= 4 is 5.78 Å². The summed E-state index contributed by atoms with van der Waals surface area (Å²) < 4.78 is 0. The number of rotatable bonds is 1. The number of hydrogen-bond donors (Lipinski definition) is 0. The monoisotopic (exact) mass is 166 g/mol. The lowest BCUT2D eigenvalue weighted by Gasteiger charge is -2.31. The van der Waals surface area contributed by atoms with E-state index in [1.807, 2.05) is 13.8 Å². The summed E-state index contributed by atoms with van der Waals surface area (Å²) in [4.78, 5) is 11.5.